The molecule has 0 radical (unpaired) electrons. The first-order chi connectivity index (χ1) is 8.76. The number of sulfonamides is 1. The zero-order chi connectivity index (χ0) is 14.1. The second-order valence-corrected chi connectivity index (χ2v) is 7.70. The lowest BCUT2D eigenvalue weighted by Gasteiger charge is -2.28. The molecule has 0 heterocycles. The number of benzene rings is 1. The summed E-state index contributed by atoms with van der Waals surface area (Å²) < 4.78 is 22.0. The lowest BCUT2D eigenvalue weighted by Crippen LogP contribution is -2.30. The Morgan fingerprint density at radius 1 is 1.32 bits per heavy atom. The number of nitrogens with one attached hydrogen (secondary N) is 1. The van der Waals surface area contributed by atoms with Gasteiger partial charge in [-0.1, -0.05) is 32.4 Å². The van der Waals surface area contributed by atoms with Gasteiger partial charge in [0.25, 0.3) is 0 Å². The summed E-state index contributed by atoms with van der Waals surface area (Å²) >= 11 is 0. The quantitative estimate of drug-likeness (QED) is 0.891. The van der Waals surface area contributed by atoms with Crippen LogP contribution in [0.2, 0.25) is 0 Å². The number of rotatable bonds is 4. The highest BCUT2D eigenvalue weighted by Gasteiger charge is 2.34. The van der Waals surface area contributed by atoms with Crippen molar-refractivity contribution in [1.29, 1.82) is 0 Å². The highest BCUT2D eigenvalue weighted by Crippen LogP contribution is 2.38. The van der Waals surface area contributed by atoms with E-state index in [1.807, 2.05) is 24.3 Å². The normalized spacial score (nSPS) is 22.4. The standard InChI is InChI=1S/C14H22N2O2S/c1-14(2)9-3-4-13(14)16-12-7-5-11(6-8-12)10-19(15,17)18/h5-8,13,16H,3-4,9-10H2,1-2H3,(H2,15,17,18). The van der Waals surface area contributed by atoms with Gasteiger partial charge in [-0.25, -0.2) is 13.6 Å². The molecule has 0 aliphatic heterocycles. The maximum atomic E-state index is 11.0. The number of nitrogens with two attached hydrogens (primary N) is 1. The molecule has 3 N–H and O–H groups in total. The third-order valence-electron chi connectivity index (χ3n) is 3.92. The van der Waals surface area contributed by atoms with E-state index in [2.05, 4.69) is 19.2 Å². The molecular weight excluding hydrogens is 260 g/mol. The molecule has 1 atom stereocenters. The third-order valence-corrected chi connectivity index (χ3v) is 4.66. The highest BCUT2D eigenvalue weighted by atomic mass is 32.2. The van der Waals surface area contributed by atoms with Crippen molar-refractivity contribution >= 4 is 15.7 Å². The fourth-order valence-electron chi connectivity index (χ4n) is 2.72. The SMILES string of the molecule is CC1(C)CCCC1Nc1ccc(CS(N)(=O)=O)cc1. The Morgan fingerprint density at radius 2 is 1.95 bits per heavy atom. The monoisotopic (exact) mass is 282 g/mol. The molecule has 106 valence electrons. The predicted molar refractivity (Wildman–Crippen MR) is 78.3 cm³/mol. The summed E-state index contributed by atoms with van der Waals surface area (Å²) in [5.74, 6) is -0.109. The minimum absolute atomic E-state index is 0.109. The largest absolute Gasteiger partial charge is 0.382 e. The number of anilines is 1. The second-order valence-electron chi connectivity index (χ2n) is 6.08. The first kappa shape index (κ1) is 14.3. The van der Waals surface area contributed by atoms with Gasteiger partial charge >= 0.3 is 0 Å². The van der Waals surface area contributed by atoms with E-state index >= 15 is 0 Å². The molecule has 1 aromatic carbocycles. The van der Waals surface area contributed by atoms with E-state index in [0.717, 1.165) is 11.3 Å². The van der Waals surface area contributed by atoms with Crippen LogP contribution in [0.4, 0.5) is 5.69 Å². The summed E-state index contributed by atoms with van der Waals surface area (Å²) in [4.78, 5) is 0. The van der Waals surface area contributed by atoms with Crippen molar-refractivity contribution in [3.05, 3.63) is 29.8 Å². The van der Waals surface area contributed by atoms with Crippen molar-refractivity contribution < 1.29 is 8.42 Å². The fraction of sp³-hybridized carbons (Fsp3) is 0.571. The van der Waals surface area contributed by atoms with Gasteiger partial charge in [0.15, 0.2) is 0 Å². The number of hydrogen-bond donors (Lipinski definition) is 2. The van der Waals surface area contributed by atoms with Crippen molar-refractivity contribution in [3.63, 3.8) is 0 Å². The minimum Gasteiger partial charge on any atom is -0.382 e. The highest BCUT2D eigenvalue weighted by molar-refractivity contribution is 7.88. The van der Waals surface area contributed by atoms with E-state index in [9.17, 15) is 8.42 Å². The van der Waals surface area contributed by atoms with Gasteiger partial charge in [-0.2, -0.15) is 0 Å². The molecule has 1 aliphatic carbocycles. The lowest BCUT2D eigenvalue weighted by atomic mass is 9.87. The summed E-state index contributed by atoms with van der Waals surface area (Å²) in [6, 6.07) is 7.96. The van der Waals surface area contributed by atoms with Crippen molar-refractivity contribution in [2.45, 2.75) is 44.9 Å². The molecule has 0 aromatic heterocycles. The Kier molecular flexibility index (Phi) is 3.87. The first-order valence-corrected chi connectivity index (χ1v) is 8.34. The Balaban J connectivity index is 2.03. The van der Waals surface area contributed by atoms with Gasteiger partial charge in [0, 0.05) is 11.7 Å². The minimum atomic E-state index is -3.45. The van der Waals surface area contributed by atoms with Gasteiger partial charge < -0.3 is 5.32 Å². The Bertz CT molecular complexity index is 535. The number of primary sulfonamides is 1. The van der Waals surface area contributed by atoms with Gasteiger partial charge in [-0.05, 0) is 36.0 Å². The average molecular weight is 282 g/mol. The Morgan fingerprint density at radius 3 is 2.42 bits per heavy atom. The molecule has 0 amide bonds. The molecule has 0 saturated heterocycles. The first-order valence-electron chi connectivity index (χ1n) is 6.62. The maximum absolute atomic E-state index is 11.0. The van der Waals surface area contributed by atoms with E-state index in [0.29, 0.717) is 11.5 Å². The zero-order valence-corrected chi connectivity index (χ0v) is 12.3. The summed E-state index contributed by atoms with van der Waals surface area (Å²) in [6.45, 7) is 4.57. The Labute approximate surface area is 115 Å². The van der Waals surface area contributed by atoms with Crippen LogP contribution in [-0.2, 0) is 15.8 Å². The number of hydrogen-bond acceptors (Lipinski definition) is 3. The second kappa shape index (κ2) is 5.13. The average Bonchev–Trinajstić information content (AvgIpc) is 2.59. The van der Waals surface area contributed by atoms with E-state index in [1.165, 1.54) is 19.3 Å². The molecule has 1 saturated carbocycles. The van der Waals surface area contributed by atoms with Crippen LogP contribution in [0.15, 0.2) is 24.3 Å². The van der Waals surface area contributed by atoms with Crippen molar-refractivity contribution in [1.82, 2.24) is 0 Å². The van der Waals surface area contributed by atoms with Crippen LogP contribution in [-0.4, -0.2) is 14.5 Å². The van der Waals surface area contributed by atoms with E-state index < -0.39 is 10.0 Å². The summed E-state index contributed by atoms with van der Waals surface area (Å²) in [5.41, 5.74) is 2.08. The molecule has 1 aliphatic rings. The van der Waals surface area contributed by atoms with Gasteiger partial charge in [0.1, 0.15) is 0 Å². The van der Waals surface area contributed by atoms with Crippen LogP contribution >= 0.6 is 0 Å². The van der Waals surface area contributed by atoms with Gasteiger partial charge in [-0.3, -0.25) is 0 Å². The van der Waals surface area contributed by atoms with Gasteiger partial charge in [0.05, 0.1) is 5.75 Å². The van der Waals surface area contributed by atoms with Crippen LogP contribution in [0.1, 0.15) is 38.7 Å². The molecule has 1 unspecified atom stereocenters. The molecule has 2 rings (SSSR count). The zero-order valence-electron chi connectivity index (χ0n) is 11.5. The molecule has 5 heteroatoms. The van der Waals surface area contributed by atoms with Crippen molar-refractivity contribution in [3.8, 4) is 0 Å². The van der Waals surface area contributed by atoms with Crippen LogP contribution in [0.3, 0.4) is 0 Å². The van der Waals surface area contributed by atoms with E-state index in [-0.39, 0.29) is 5.75 Å². The van der Waals surface area contributed by atoms with Gasteiger partial charge in [-0.15, -0.1) is 0 Å². The summed E-state index contributed by atoms with van der Waals surface area (Å²) in [5, 5.41) is 8.57. The van der Waals surface area contributed by atoms with Crippen LogP contribution in [0, 0.1) is 5.41 Å². The Hall–Kier alpha value is -1.07. The topological polar surface area (TPSA) is 72.2 Å². The smallest absolute Gasteiger partial charge is 0.213 e. The van der Waals surface area contributed by atoms with Gasteiger partial charge in [0.2, 0.25) is 10.0 Å². The van der Waals surface area contributed by atoms with E-state index in [4.69, 9.17) is 5.14 Å². The molecule has 0 bridgehead atoms. The third kappa shape index (κ3) is 3.94. The van der Waals surface area contributed by atoms with Crippen LogP contribution < -0.4 is 10.5 Å². The molecule has 1 fully saturated rings. The van der Waals surface area contributed by atoms with Crippen molar-refractivity contribution in [2.75, 3.05) is 5.32 Å². The summed E-state index contributed by atoms with van der Waals surface area (Å²) in [6.07, 6.45) is 3.69. The molecule has 1 aromatic rings. The molecule has 4 nitrogen and oxygen atoms in total. The van der Waals surface area contributed by atoms with E-state index in [1.54, 1.807) is 0 Å². The molecule has 19 heavy (non-hydrogen) atoms. The van der Waals surface area contributed by atoms with Crippen molar-refractivity contribution in [2.24, 2.45) is 10.6 Å². The van der Waals surface area contributed by atoms with Crippen LogP contribution in [0.5, 0.6) is 0 Å². The predicted octanol–water partition coefficient (Wildman–Crippen LogP) is 2.47. The molecular formula is C14H22N2O2S. The fourth-order valence-corrected chi connectivity index (χ4v) is 3.38. The van der Waals surface area contributed by atoms with Crippen LogP contribution in [0.25, 0.3) is 0 Å². The maximum Gasteiger partial charge on any atom is 0.213 e. The summed E-state index contributed by atoms with van der Waals surface area (Å²) in [7, 11) is -3.45. The lowest BCUT2D eigenvalue weighted by molar-refractivity contribution is 0.350. The molecule has 0 spiro atoms.